The largest absolute Gasteiger partial charge is 0.456 e. The minimum absolute atomic E-state index is 0.243. The predicted molar refractivity (Wildman–Crippen MR) is 100 cm³/mol. The summed E-state index contributed by atoms with van der Waals surface area (Å²) >= 11 is 0. The molecule has 0 saturated carbocycles. The van der Waals surface area contributed by atoms with Crippen LogP contribution in [0.3, 0.4) is 0 Å². The highest BCUT2D eigenvalue weighted by molar-refractivity contribution is 6.04. The molecule has 0 atom stereocenters. The van der Waals surface area contributed by atoms with Gasteiger partial charge in [-0.2, -0.15) is 5.10 Å². The van der Waals surface area contributed by atoms with Crippen molar-refractivity contribution in [3.05, 3.63) is 91.0 Å². The molecule has 1 amide bonds. The molecule has 0 radical (unpaired) electrons. The van der Waals surface area contributed by atoms with E-state index >= 15 is 0 Å². The zero-order chi connectivity index (χ0) is 19.3. The molecule has 2 aromatic carbocycles. The summed E-state index contributed by atoms with van der Waals surface area (Å²) in [6.07, 6.45) is 5.96. The molecule has 0 aliphatic rings. The summed E-state index contributed by atoms with van der Waals surface area (Å²) in [5.74, 6) is 0.291. The lowest BCUT2D eigenvalue weighted by molar-refractivity contribution is 0.102. The molecular weight excluding hydrogens is 361 g/mol. The third-order valence-corrected chi connectivity index (χ3v) is 3.86. The molecule has 0 aliphatic heterocycles. The van der Waals surface area contributed by atoms with E-state index in [1.54, 1.807) is 54.9 Å². The minimum Gasteiger partial charge on any atom is -0.456 e. The van der Waals surface area contributed by atoms with Crippen LogP contribution in [0, 0.1) is 5.82 Å². The van der Waals surface area contributed by atoms with Crippen LogP contribution < -0.4 is 10.1 Å². The van der Waals surface area contributed by atoms with Crippen LogP contribution in [0.4, 0.5) is 10.1 Å². The second-order valence-electron chi connectivity index (χ2n) is 5.78. The summed E-state index contributed by atoms with van der Waals surface area (Å²) in [6, 6.07) is 14.5. The highest BCUT2D eigenvalue weighted by Gasteiger charge is 2.10. The fourth-order valence-electron chi connectivity index (χ4n) is 2.52. The van der Waals surface area contributed by atoms with E-state index in [1.807, 2.05) is 0 Å². The maximum absolute atomic E-state index is 14.3. The number of carbonyl (C=O) groups is 1. The first-order valence-corrected chi connectivity index (χ1v) is 8.33. The van der Waals surface area contributed by atoms with Gasteiger partial charge in [-0.05, 0) is 54.6 Å². The maximum atomic E-state index is 14.3. The number of nitrogens with zero attached hydrogens (tertiary/aromatic N) is 4. The van der Waals surface area contributed by atoms with E-state index in [0.717, 1.165) is 0 Å². The van der Waals surface area contributed by atoms with Crippen LogP contribution in [0.2, 0.25) is 0 Å². The number of aromatic nitrogens is 4. The summed E-state index contributed by atoms with van der Waals surface area (Å²) < 4.78 is 21.2. The first kappa shape index (κ1) is 17.3. The van der Waals surface area contributed by atoms with Gasteiger partial charge in [0, 0.05) is 17.4 Å². The molecular formula is C20H14FN5O2. The van der Waals surface area contributed by atoms with E-state index in [1.165, 1.54) is 29.5 Å². The van der Waals surface area contributed by atoms with Gasteiger partial charge in [0.1, 0.15) is 29.8 Å². The number of hydrogen-bond donors (Lipinski definition) is 1. The third-order valence-electron chi connectivity index (χ3n) is 3.86. The van der Waals surface area contributed by atoms with Crippen LogP contribution in [-0.4, -0.2) is 25.7 Å². The van der Waals surface area contributed by atoms with Crippen molar-refractivity contribution in [2.45, 2.75) is 0 Å². The molecule has 0 fully saturated rings. The molecule has 0 unspecified atom stereocenters. The topological polar surface area (TPSA) is 81.9 Å². The van der Waals surface area contributed by atoms with Gasteiger partial charge in [0.15, 0.2) is 5.82 Å². The average molecular weight is 375 g/mol. The molecule has 4 aromatic rings. The molecule has 28 heavy (non-hydrogen) atoms. The Morgan fingerprint density at radius 2 is 1.89 bits per heavy atom. The zero-order valence-electron chi connectivity index (χ0n) is 14.5. The Balaban J connectivity index is 1.44. The average Bonchev–Trinajstić information content (AvgIpc) is 3.24. The fraction of sp³-hybridized carbons (Fsp3) is 0. The monoisotopic (exact) mass is 375 g/mol. The Bertz CT molecular complexity index is 1080. The Hall–Kier alpha value is -4.07. The van der Waals surface area contributed by atoms with Crippen molar-refractivity contribution < 1.29 is 13.9 Å². The molecule has 0 spiro atoms. The summed E-state index contributed by atoms with van der Waals surface area (Å²) in [4.78, 5) is 20.2. The van der Waals surface area contributed by atoms with Gasteiger partial charge in [-0.1, -0.05) is 0 Å². The lowest BCUT2D eigenvalue weighted by Crippen LogP contribution is -2.12. The van der Waals surface area contributed by atoms with E-state index < -0.39 is 5.82 Å². The van der Waals surface area contributed by atoms with Crippen molar-refractivity contribution in [3.8, 4) is 17.2 Å². The normalized spacial score (nSPS) is 10.5. The van der Waals surface area contributed by atoms with Crippen molar-refractivity contribution in [1.29, 1.82) is 0 Å². The quantitative estimate of drug-likeness (QED) is 0.573. The number of hydrogen-bond acceptors (Lipinski definition) is 5. The summed E-state index contributed by atoms with van der Waals surface area (Å²) in [7, 11) is 0. The highest BCUT2D eigenvalue weighted by Crippen LogP contribution is 2.22. The number of amides is 1. The van der Waals surface area contributed by atoms with Crippen molar-refractivity contribution in [3.63, 3.8) is 0 Å². The molecule has 4 rings (SSSR count). The number of halogens is 1. The number of carbonyl (C=O) groups excluding carboxylic acids is 1. The first-order valence-electron chi connectivity index (χ1n) is 8.33. The molecule has 7 nitrogen and oxygen atoms in total. The lowest BCUT2D eigenvalue weighted by Gasteiger charge is -2.09. The van der Waals surface area contributed by atoms with Gasteiger partial charge in [0.25, 0.3) is 5.91 Å². The smallest absolute Gasteiger partial charge is 0.255 e. The predicted octanol–water partition coefficient (Wildman–Crippen LogP) is 3.85. The highest BCUT2D eigenvalue weighted by atomic mass is 19.1. The van der Waals surface area contributed by atoms with Crippen LogP contribution in [0.5, 0.6) is 11.5 Å². The van der Waals surface area contributed by atoms with Crippen LogP contribution >= 0.6 is 0 Å². The second kappa shape index (κ2) is 7.67. The van der Waals surface area contributed by atoms with Crippen LogP contribution in [0.25, 0.3) is 5.69 Å². The van der Waals surface area contributed by atoms with Gasteiger partial charge in [0.05, 0.1) is 6.20 Å². The van der Waals surface area contributed by atoms with Crippen LogP contribution in [0.1, 0.15) is 10.4 Å². The molecule has 1 N–H and O–H groups in total. The molecule has 0 aliphatic carbocycles. The van der Waals surface area contributed by atoms with E-state index in [-0.39, 0.29) is 11.6 Å². The van der Waals surface area contributed by atoms with Crippen molar-refractivity contribution in [2.75, 3.05) is 5.32 Å². The molecule has 2 aromatic heterocycles. The maximum Gasteiger partial charge on any atom is 0.255 e. The van der Waals surface area contributed by atoms with Crippen molar-refractivity contribution >= 4 is 11.6 Å². The van der Waals surface area contributed by atoms with E-state index in [9.17, 15) is 9.18 Å². The number of ether oxygens (including phenoxy) is 1. The number of anilines is 1. The number of nitrogens with one attached hydrogen (secondary N) is 1. The standard InChI is InChI=1S/C20H14FN5O2/c21-18-10-15(5-8-19(18)26-13-23-12-24-26)25-20(27)14-3-6-16(7-4-14)28-17-2-1-9-22-11-17/h1-13H,(H,25,27). The van der Waals surface area contributed by atoms with Crippen LogP contribution in [-0.2, 0) is 0 Å². The van der Waals surface area contributed by atoms with Crippen molar-refractivity contribution in [2.24, 2.45) is 0 Å². The molecule has 0 bridgehead atoms. The zero-order valence-corrected chi connectivity index (χ0v) is 14.5. The minimum atomic E-state index is -0.525. The van der Waals surface area contributed by atoms with E-state index in [0.29, 0.717) is 22.7 Å². The molecule has 2 heterocycles. The third kappa shape index (κ3) is 3.85. The number of pyridine rings is 1. The Morgan fingerprint density at radius 1 is 1.04 bits per heavy atom. The molecule has 138 valence electrons. The Kier molecular flexibility index (Phi) is 4.75. The van der Waals surface area contributed by atoms with E-state index in [2.05, 4.69) is 20.4 Å². The number of rotatable bonds is 5. The van der Waals surface area contributed by atoms with Gasteiger partial charge in [-0.25, -0.2) is 14.1 Å². The Labute approximate surface area is 159 Å². The molecule has 8 heteroatoms. The van der Waals surface area contributed by atoms with Gasteiger partial charge < -0.3 is 10.1 Å². The van der Waals surface area contributed by atoms with E-state index in [4.69, 9.17) is 4.74 Å². The van der Waals surface area contributed by atoms with Gasteiger partial charge >= 0.3 is 0 Å². The Morgan fingerprint density at radius 3 is 2.57 bits per heavy atom. The molecule has 0 saturated heterocycles. The first-order chi connectivity index (χ1) is 13.7. The fourth-order valence-corrected chi connectivity index (χ4v) is 2.52. The summed E-state index contributed by atoms with van der Waals surface area (Å²) in [5.41, 5.74) is 0.994. The lowest BCUT2D eigenvalue weighted by atomic mass is 10.2. The summed E-state index contributed by atoms with van der Waals surface area (Å²) in [6.45, 7) is 0. The van der Waals surface area contributed by atoms with Gasteiger partial charge in [-0.15, -0.1) is 0 Å². The van der Waals surface area contributed by atoms with Gasteiger partial charge in [0.2, 0.25) is 0 Å². The number of benzene rings is 2. The SMILES string of the molecule is O=C(Nc1ccc(-n2cncn2)c(F)c1)c1ccc(Oc2cccnc2)cc1. The van der Waals surface area contributed by atoms with Crippen molar-refractivity contribution in [1.82, 2.24) is 19.7 Å². The second-order valence-corrected chi connectivity index (χ2v) is 5.78. The van der Waals surface area contributed by atoms with Crippen LogP contribution in [0.15, 0.2) is 79.6 Å². The summed E-state index contributed by atoms with van der Waals surface area (Å²) in [5, 5.41) is 6.55. The van der Waals surface area contributed by atoms with Gasteiger partial charge in [-0.3, -0.25) is 9.78 Å².